The molecule has 0 spiro atoms. The fourth-order valence-electron chi connectivity index (χ4n) is 1.03. The molecule has 0 aliphatic rings. The maximum Gasteiger partial charge on any atom is 0.0823 e. The van der Waals surface area contributed by atoms with Crippen molar-refractivity contribution in [3.63, 3.8) is 0 Å². The standard InChI is InChI=1S/C8H6INS/c1-5-4-7-8(11-5)6(9)2-3-10-7/h2-4H,1H3. The van der Waals surface area contributed by atoms with E-state index in [9.17, 15) is 0 Å². The summed E-state index contributed by atoms with van der Waals surface area (Å²) in [6.07, 6.45) is 1.86. The fourth-order valence-corrected chi connectivity index (χ4v) is 2.67. The average Bonchev–Trinajstić information content (AvgIpc) is 2.31. The van der Waals surface area contributed by atoms with E-state index in [1.807, 2.05) is 23.6 Å². The van der Waals surface area contributed by atoms with E-state index < -0.39 is 0 Å². The van der Waals surface area contributed by atoms with Gasteiger partial charge in [0.05, 0.1) is 10.2 Å². The van der Waals surface area contributed by atoms with Crippen LogP contribution in [-0.4, -0.2) is 4.98 Å². The predicted octanol–water partition coefficient (Wildman–Crippen LogP) is 3.21. The summed E-state index contributed by atoms with van der Waals surface area (Å²) in [5.74, 6) is 0. The first-order valence-electron chi connectivity index (χ1n) is 3.28. The van der Waals surface area contributed by atoms with Gasteiger partial charge in [0.25, 0.3) is 0 Å². The number of halogens is 1. The quantitative estimate of drug-likeness (QED) is 0.673. The van der Waals surface area contributed by atoms with Crippen LogP contribution >= 0.6 is 33.9 Å². The van der Waals surface area contributed by atoms with Crippen molar-refractivity contribution in [1.82, 2.24) is 4.98 Å². The zero-order chi connectivity index (χ0) is 7.84. The number of hydrogen-bond donors (Lipinski definition) is 0. The van der Waals surface area contributed by atoms with Gasteiger partial charge in [0.2, 0.25) is 0 Å². The molecule has 0 radical (unpaired) electrons. The third kappa shape index (κ3) is 1.27. The van der Waals surface area contributed by atoms with E-state index in [1.165, 1.54) is 13.1 Å². The second-order valence-electron chi connectivity index (χ2n) is 2.36. The van der Waals surface area contributed by atoms with Crippen molar-refractivity contribution in [2.75, 3.05) is 0 Å². The molecule has 0 N–H and O–H groups in total. The van der Waals surface area contributed by atoms with Crippen molar-refractivity contribution in [2.45, 2.75) is 6.92 Å². The topological polar surface area (TPSA) is 12.9 Å². The molecule has 2 heterocycles. The first kappa shape index (κ1) is 7.49. The summed E-state index contributed by atoms with van der Waals surface area (Å²) >= 11 is 4.15. The van der Waals surface area contributed by atoms with Crippen molar-refractivity contribution in [3.05, 3.63) is 26.8 Å². The first-order chi connectivity index (χ1) is 5.27. The Bertz CT molecular complexity index is 394. The molecular weight excluding hydrogens is 269 g/mol. The molecule has 1 nitrogen and oxygen atoms in total. The van der Waals surface area contributed by atoms with E-state index in [0.29, 0.717) is 0 Å². The lowest BCUT2D eigenvalue weighted by molar-refractivity contribution is 1.41. The Balaban J connectivity index is 2.90. The number of thiophene rings is 1. The number of aryl methyl sites for hydroxylation is 1. The third-order valence-electron chi connectivity index (χ3n) is 1.49. The molecule has 3 heteroatoms. The highest BCUT2D eigenvalue weighted by molar-refractivity contribution is 14.1. The van der Waals surface area contributed by atoms with Gasteiger partial charge in [-0.25, -0.2) is 0 Å². The van der Waals surface area contributed by atoms with Gasteiger partial charge in [-0.3, -0.25) is 4.98 Å². The number of rotatable bonds is 0. The first-order valence-corrected chi connectivity index (χ1v) is 5.17. The van der Waals surface area contributed by atoms with Gasteiger partial charge in [-0.1, -0.05) is 0 Å². The van der Waals surface area contributed by atoms with Gasteiger partial charge >= 0.3 is 0 Å². The summed E-state index contributed by atoms with van der Waals surface area (Å²) in [4.78, 5) is 5.60. The second kappa shape index (κ2) is 2.71. The van der Waals surface area contributed by atoms with Crippen LogP contribution in [0, 0.1) is 10.5 Å². The van der Waals surface area contributed by atoms with Gasteiger partial charge < -0.3 is 0 Å². The third-order valence-corrected chi connectivity index (χ3v) is 3.83. The molecule has 2 aromatic rings. The van der Waals surface area contributed by atoms with E-state index >= 15 is 0 Å². The number of hydrogen-bond acceptors (Lipinski definition) is 2. The zero-order valence-corrected chi connectivity index (χ0v) is 8.94. The number of fused-ring (bicyclic) bond motifs is 1. The predicted molar refractivity (Wildman–Crippen MR) is 57.1 cm³/mol. The minimum Gasteiger partial charge on any atom is -0.255 e. The van der Waals surface area contributed by atoms with Gasteiger partial charge in [-0.2, -0.15) is 0 Å². The smallest absolute Gasteiger partial charge is 0.0823 e. The highest BCUT2D eigenvalue weighted by Crippen LogP contribution is 2.27. The van der Waals surface area contributed by atoms with E-state index in [4.69, 9.17) is 0 Å². The molecule has 0 saturated heterocycles. The molecule has 0 amide bonds. The van der Waals surface area contributed by atoms with Crippen LogP contribution in [0.15, 0.2) is 18.3 Å². The highest BCUT2D eigenvalue weighted by atomic mass is 127. The molecule has 2 rings (SSSR count). The normalized spacial score (nSPS) is 10.7. The maximum absolute atomic E-state index is 4.27. The molecule has 0 atom stereocenters. The van der Waals surface area contributed by atoms with E-state index in [0.717, 1.165) is 5.52 Å². The monoisotopic (exact) mass is 275 g/mol. The summed E-state index contributed by atoms with van der Waals surface area (Å²) in [6, 6.07) is 4.17. The molecule has 0 aliphatic heterocycles. The molecule has 56 valence electrons. The van der Waals surface area contributed by atoms with Crippen molar-refractivity contribution in [1.29, 1.82) is 0 Å². The Hall–Kier alpha value is -0.160. The van der Waals surface area contributed by atoms with Crippen molar-refractivity contribution >= 4 is 44.1 Å². The Morgan fingerprint density at radius 3 is 3.09 bits per heavy atom. The van der Waals surface area contributed by atoms with Crippen LogP contribution in [0.4, 0.5) is 0 Å². The number of pyridine rings is 1. The van der Waals surface area contributed by atoms with Crippen LogP contribution < -0.4 is 0 Å². The van der Waals surface area contributed by atoms with Crippen LogP contribution in [0.2, 0.25) is 0 Å². The van der Waals surface area contributed by atoms with Crippen LogP contribution in [0.5, 0.6) is 0 Å². The fraction of sp³-hybridized carbons (Fsp3) is 0.125. The summed E-state index contributed by atoms with van der Waals surface area (Å²) in [7, 11) is 0. The van der Waals surface area contributed by atoms with Gasteiger partial charge in [-0.15, -0.1) is 11.3 Å². The molecule has 0 aliphatic carbocycles. The lowest BCUT2D eigenvalue weighted by atomic mass is 10.4. The molecule has 11 heavy (non-hydrogen) atoms. The van der Waals surface area contributed by atoms with Gasteiger partial charge in [-0.05, 0) is 41.6 Å². The van der Waals surface area contributed by atoms with Crippen LogP contribution in [0.1, 0.15) is 4.88 Å². The molecule has 0 saturated carbocycles. The minimum absolute atomic E-state index is 1.12. The molecule has 0 bridgehead atoms. The van der Waals surface area contributed by atoms with Crippen molar-refractivity contribution in [2.24, 2.45) is 0 Å². The Labute approximate surface area is 82.6 Å². The van der Waals surface area contributed by atoms with E-state index in [2.05, 4.69) is 40.6 Å². The van der Waals surface area contributed by atoms with Crippen molar-refractivity contribution < 1.29 is 0 Å². The summed E-state index contributed by atoms with van der Waals surface area (Å²) in [5.41, 5.74) is 1.12. The SMILES string of the molecule is Cc1cc2nccc(I)c2s1. The maximum atomic E-state index is 4.27. The van der Waals surface area contributed by atoms with E-state index in [1.54, 1.807) is 0 Å². The van der Waals surface area contributed by atoms with Crippen LogP contribution in [-0.2, 0) is 0 Å². The molecule has 0 unspecified atom stereocenters. The van der Waals surface area contributed by atoms with Gasteiger partial charge in [0.15, 0.2) is 0 Å². The number of aromatic nitrogens is 1. The minimum atomic E-state index is 1.12. The van der Waals surface area contributed by atoms with E-state index in [-0.39, 0.29) is 0 Å². The lowest BCUT2D eigenvalue weighted by Crippen LogP contribution is -1.73. The lowest BCUT2D eigenvalue weighted by Gasteiger charge is -1.89. The van der Waals surface area contributed by atoms with Gasteiger partial charge in [0.1, 0.15) is 0 Å². The number of nitrogens with zero attached hydrogens (tertiary/aromatic N) is 1. The molecule has 0 fully saturated rings. The zero-order valence-electron chi connectivity index (χ0n) is 5.97. The summed E-state index contributed by atoms with van der Waals surface area (Å²) in [5, 5.41) is 0. The Morgan fingerprint density at radius 1 is 1.55 bits per heavy atom. The van der Waals surface area contributed by atoms with Crippen LogP contribution in [0.25, 0.3) is 10.2 Å². The Morgan fingerprint density at radius 2 is 2.36 bits per heavy atom. The molecule has 0 aromatic carbocycles. The second-order valence-corrected chi connectivity index (χ2v) is 4.78. The van der Waals surface area contributed by atoms with Gasteiger partial charge in [0, 0.05) is 14.6 Å². The van der Waals surface area contributed by atoms with Crippen molar-refractivity contribution in [3.8, 4) is 0 Å². The highest BCUT2D eigenvalue weighted by Gasteiger charge is 2.01. The average molecular weight is 275 g/mol. The Kier molecular flexibility index (Phi) is 1.85. The summed E-state index contributed by atoms with van der Waals surface area (Å²) < 4.78 is 2.61. The summed E-state index contributed by atoms with van der Waals surface area (Å²) in [6.45, 7) is 2.11. The largest absolute Gasteiger partial charge is 0.255 e. The molecule has 2 aromatic heterocycles. The molecular formula is C8H6INS. The van der Waals surface area contributed by atoms with Crippen LogP contribution in [0.3, 0.4) is 0 Å².